The number of carbonyl (C=O) groups is 6. The van der Waals surface area contributed by atoms with E-state index in [1.54, 1.807) is 71.2 Å². The molecule has 1 rings (SSSR count). The van der Waals surface area contributed by atoms with Gasteiger partial charge in [-0.3, -0.25) is 14.4 Å². The number of carboxylic acid groups (broad SMARTS) is 1. The number of nitrogens with two attached hydrogens (primary N) is 2. The molecule has 0 spiro atoms. The maximum atomic E-state index is 14.1. The number of hydrogen-bond acceptors (Lipinski definition) is 11. The number of aromatic carboxylic acids is 1. The average molecular weight is 972 g/mol. The van der Waals surface area contributed by atoms with Crippen LogP contribution in [-0.2, 0) is 19.1 Å². The van der Waals surface area contributed by atoms with Gasteiger partial charge in [0.05, 0.1) is 49.1 Å². The van der Waals surface area contributed by atoms with Crippen molar-refractivity contribution in [2.75, 3.05) is 38.5 Å². The van der Waals surface area contributed by atoms with Crippen molar-refractivity contribution in [1.29, 1.82) is 0 Å². The van der Waals surface area contributed by atoms with Gasteiger partial charge in [-0.05, 0) is 109 Å². The molecule has 1 aromatic rings. The first-order valence-electron chi connectivity index (χ1n) is 13.4. The Morgan fingerprint density at radius 3 is 1.47 bits per heavy atom. The van der Waals surface area contributed by atoms with Crippen LogP contribution in [0.3, 0.4) is 0 Å². The molecule has 8 N–H and O–H groups in total. The number of Topliss-reactive ketones (excluding diaryl/α,β-unsaturated/α-hetero) is 2. The molecule has 2 atom stereocenters. The number of rotatable bonds is 13. The minimum Gasteiger partial charge on any atom is -0.478 e. The summed E-state index contributed by atoms with van der Waals surface area (Å²) in [5.41, 5.74) is 11.0. The van der Waals surface area contributed by atoms with E-state index in [9.17, 15) is 33.9 Å². The van der Waals surface area contributed by atoms with Crippen molar-refractivity contribution in [3.63, 3.8) is 0 Å². The maximum absolute atomic E-state index is 14.1. The molecule has 0 saturated carbocycles. The van der Waals surface area contributed by atoms with E-state index >= 15 is 0 Å². The third-order valence-electron chi connectivity index (χ3n) is 5.55. The average Bonchev–Trinajstić information content (AvgIpc) is 2.87. The van der Waals surface area contributed by atoms with Gasteiger partial charge in [0.15, 0.2) is 11.6 Å². The number of benzene rings is 1. The lowest BCUT2D eigenvalue weighted by molar-refractivity contribution is -0.119. The van der Waals surface area contributed by atoms with E-state index in [0.717, 1.165) is 4.90 Å². The molecular formula is C27H39I3N6O9. The molecule has 0 saturated heterocycles. The molecule has 0 aliphatic carbocycles. The summed E-state index contributed by atoms with van der Waals surface area (Å²) in [6.45, 7) is 8.02. The molecule has 45 heavy (non-hydrogen) atoms. The Balaban J connectivity index is 3.39. The van der Waals surface area contributed by atoms with Crippen LogP contribution in [0.5, 0.6) is 0 Å². The molecule has 0 aliphatic rings. The van der Waals surface area contributed by atoms with Gasteiger partial charge in [-0.25, -0.2) is 14.4 Å². The van der Waals surface area contributed by atoms with Gasteiger partial charge in [0, 0.05) is 23.7 Å². The third-order valence-corrected chi connectivity index (χ3v) is 8.79. The van der Waals surface area contributed by atoms with E-state index in [1.807, 2.05) is 45.2 Å². The molecule has 2 unspecified atom stereocenters. The van der Waals surface area contributed by atoms with Gasteiger partial charge in [-0.2, -0.15) is 0 Å². The first-order valence-corrected chi connectivity index (χ1v) is 16.6. The summed E-state index contributed by atoms with van der Waals surface area (Å²) in [6, 6.07) is -2.68. The zero-order chi connectivity index (χ0) is 35.0. The first kappa shape index (κ1) is 41.0. The molecule has 1 aromatic carbocycles. The normalized spacial score (nSPS) is 12.8. The predicted octanol–water partition coefficient (Wildman–Crippen LogP) is 2.52. The number of ketones is 2. The number of anilines is 1. The minimum atomic E-state index is -1.34. The summed E-state index contributed by atoms with van der Waals surface area (Å²) in [7, 11) is 1.57. The summed E-state index contributed by atoms with van der Waals surface area (Å²) < 4.78 is 11.1. The van der Waals surface area contributed by atoms with Crippen molar-refractivity contribution in [2.45, 2.75) is 64.8 Å². The number of carbonyl (C=O) groups excluding carboxylic acids is 5. The molecular weight excluding hydrogens is 933 g/mol. The fourth-order valence-corrected chi connectivity index (χ4v) is 8.17. The monoisotopic (exact) mass is 972 g/mol. The zero-order valence-electron chi connectivity index (χ0n) is 25.9. The predicted molar refractivity (Wildman–Crippen MR) is 191 cm³/mol. The van der Waals surface area contributed by atoms with Crippen LogP contribution in [0.15, 0.2) is 0 Å². The number of nitrogens with zero attached hydrogens (tertiary/aromatic N) is 1. The van der Waals surface area contributed by atoms with Gasteiger partial charge in [0.25, 0.3) is 5.91 Å². The van der Waals surface area contributed by atoms with Crippen molar-refractivity contribution in [3.05, 3.63) is 21.8 Å². The van der Waals surface area contributed by atoms with Crippen molar-refractivity contribution in [3.8, 4) is 0 Å². The zero-order valence-corrected chi connectivity index (χ0v) is 32.4. The highest BCUT2D eigenvalue weighted by atomic mass is 127. The second-order valence-electron chi connectivity index (χ2n) is 11.7. The van der Waals surface area contributed by atoms with E-state index in [4.69, 9.17) is 20.9 Å². The molecule has 252 valence electrons. The number of carboxylic acids is 1. The number of alkyl carbamates (subject to hydrolysis) is 2. The minimum absolute atomic E-state index is 0.00331. The van der Waals surface area contributed by atoms with Crippen LogP contribution >= 0.6 is 67.8 Å². The van der Waals surface area contributed by atoms with Gasteiger partial charge in [0.2, 0.25) is 0 Å². The van der Waals surface area contributed by atoms with Gasteiger partial charge in [-0.1, -0.05) is 0 Å². The smallest absolute Gasteiger partial charge is 0.408 e. The van der Waals surface area contributed by atoms with Gasteiger partial charge in [0.1, 0.15) is 11.2 Å². The standard InChI is InChI=1S/C27H39I3N6O9/c1-26(2,3)44-24(42)34-8-14(37)12(31)10-36(11-13(32)15(38)9-35-25(43)45-27(4,5)6)22(39)16-18(28)17(23(40)41)20(30)21(33-7)19(16)29/h12-13,33H,8-11,31-32H2,1-7H3,(H,34,42)(H,35,43)(H,40,41). The first-order chi connectivity index (χ1) is 20.5. The van der Waals surface area contributed by atoms with E-state index in [2.05, 4.69) is 16.0 Å². The second kappa shape index (κ2) is 17.2. The summed E-state index contributed by atoms with van der Waals surface area (Å²) in [5, 5.41) is 17.4. The molecule has 0 radical (unpaired) electrons. The third kappa shape index (κ3) is 12.9. The quantitative estimate of drug-likeness (QED) is 0.157. The van der Waals surface area contributed by atoms with Gasteiger partial charge in [-0.15, -0.1) is 0 Å². The van der Waals surface area contributed by atoms with Crippen LogP contribution in [0.25, 0.3) is 0 Å². The van der Waals surface area contributed by atoms with Crippen molar-refractivity contribution >= 4 is 109 Å². The highest BCUT2D eigenvalue weighted by Crippen LogP contribution is 2.36. The fourth-order valence-electron chi connectivity index (χ4n) is 3.55. The van der Waals surface area contributed by atoms with Crippen molar-refractivity contribution in [2.24, 2.45) is 11.5 Å². The largest absolute Gasteiger partial charge is 0.478 e. The molecule has 0 heterocycles. The Morgan fingerprint density at radius 2 is 1.13 bits per heavy atom. The Bertz CT molecular complexity index is 1280. The molecule has 15 nitrogen and oxygen atoms in total. The summed E-state index contributed by atoms with van der Waals surface area (Å²) in [6.07, 6.45) is -1.69. The van der Waals surface area contributed by atoms with E-state index in [-0.39, 0.29) is 14.7 Å². The SMILES string of the molecule is CNc1c(I)c(C(=O)O)c(I)c(C(=O)N(CC(N)C(=O)CNC(=O)OC(C)(C)C)CC(N)C(=O)CNC(=O)OC(C)(C)C)c1I. The van der Waals surface area contributed by atoms with Crippen molar-refractivity contribution < 1.29 is 43.3 Å². The van der Waals surface area contributed by atoms with Crippen molar-refractivity contribution in [1.82, 2.24) is 15.5 Å². The lowest BCUT2D eigenvalue weighted by Crippen LogP contribution is -2.54. The highest BCUT2D eigenvalue weighted by Gasteiger charge is 2.33. The van der Waals surface area contributed by atoms with Crippen LogP contribution < -0.4 is 27.4 Å². The molecule has 0 aromatic heterocycles. The summed E-state index contributed by atoms with van der Waals surface area (Å²) in [5.74, 6) is -3.32. The second-order valence-corrected chi connectivity index (χ2v) is 14.9. The van der Waals surface area contributed by atoms with Gasteiger partial charge < -0.3 is 46.9 Å². The highest BCUT2D eigenvalue weighted by molar-refractivity contribution is 14.1. The number of amides is 3. The maximum Gasteiger partial charge on any atom is 0.408 e. The lowest BCUT2D eigenvalue weighted by Gasteiger charge is -2.29. The molecule has 3 amide bonds. The molecule has 0 bridgehead atoms. The molecule has 0 aliphatic heterocycles. The Kier molecular flexibility index (Phi) is 15.7. The van der Waals surface area contributed by atoms with E-state index in [1.165, 1.54) is 0 Å². The molecule has 0 fully saturated rings. The lowest BCUT2D eigenvalue weighted by atomic mass is 10.1. The topological polar surface area (TPSA) is 232 Å². The van der Waals surface area contributed by atoms with Crippen LogP contribution in [0, 0.1) is 10.7 Å². The number of nitrogens with one attached hydrogen (secondary N) is 3. The van der Waals surface area contributed by atoms with E-state index in [0.29, 0.717) is 12.8 Å². The van der Waals surface area contributed by atoms with Crippen LogP contribution in [0.2, 0.25) is 0 Å². The number of halogens is 3. The van der Waals surface area contributed by atoms with E-state index < -0.39 is 85.1 Å². The Hall–Kier alpha value is -2.05. The van der Waals surface area contributed by atoms with Gasteiger partial charge >= 0.3 is 18.2 Å². The van der Waals surface area contributed by atoms with Crippen LogP contribution in [-0.4, -0.2) is 102 Å². The molecule has 18 heteroatoms. The summed E-state index contributed by atoms with van der Waals surface area (Å²) in [4.78, 5) is 77.0. The fraction of sp³-hybridized carbons (Fsp3) is 0.556. The number of ether oxygens (including phenoxy) is 2. The van der Waals surface area contributed by atoms with Crippen LogP contribution in [0.4, 0.5) is 15.3 Å². The Morgan fingerprint density at radius 1 is 0.756 bits per heavy atom. The number of hydrogen-bond donors (Lipinski definition) is 6. The summed E-state index contributed by atoms with van der Waals surface area (Å²) >= 11 is 5.54. The van der Waals surface area contributed by atoms with Crippen LogP contribution in [0.1, 0.15) is 62.3 Å². The Labute approximate surface area is 302 Å².